The minimum Gasteiger partial charge on any atom is -0.496 e. The van der Waals surface area contributed by atoms with Gasteiger partial charge in [-0.15, -0.1) is 0 Å². The van der Waals surface area contributed by atoms with Gasteiger partial charge >= 0.3 is 5.97 Å². The zero-order chi connectivity index (χ0) is 14.8. The first-order valence-electron chi connectivity index (χ1n) is 6.63. The summed E-state index contributed by atoms with van der Waals surface area (Å²) in [7, 11) is 1.66. The van der Waals surface area contributed by atoms with E-state index in [4.69, 9.17) is 4.74 Å². The average molecular weight is 285 g/mol. The number of carboxylic acids is 1. The minimum atomic E-state index is -1.01. The number of fused-ring (bicyclic) bond motifs is 1. The first kappa shape index (κ1) is 13.4. The molecule has 1 aromatic carbocycles. The number of carboxylic acid groups (broad SMARTS) is 1. The summed E-state index contributed by atoms with van der Waals surface area (Å²) in [4.78, 5) is 21.2. The molecule has 0 saturated carbocycles. The zero-order valence-corrected chi connectivity index (χ0v) is 11.6. The Hall–Kier alpha value is -2.63. The van der Waals surface area contributed by atoms with Gasteiger partial charge < -0.3 is 14.7 Å². The molecule has 6 heteroatoms. The molecule has 0 bridgehead atoms. The van der Waals surface area contributed by atoms with E-state index in [9.17, 15) is 9.90 Å². The molecule has 21 heavy (non-hydrogen) atoms. The van der Waals surface area contributed by atoms with Crippen LogP contribution in [0, 0.1) is 0 Å². The van der Waals surface area contributed by atoms with Crippen LogP contribution in [0.5, 0.6) is 5.75 Å². The van der Waals surface area contributed by atoms with Crippen molar-refractivity contribution in [2.45, 2.75) is 13.0 Å². The molecule has 0 amide bonds. The van der Waals surface area contributed by atoms with Crippen LogP contribution in [0.15, 0.2) is 30.7 Å². The van der Waals surface area contributed by atoms with Crippen molar-refractivity contribution in [1.82, 2.24) is 9.97 Å². The fourth-order valence-electron chi connectivity index (χ4n) is 2.67. The van der Waals surface area contributed by atoms with Gasteiger partial charge in [0.2, 0.25) is 0 Å². The van der Waals surface area contributed by atoms with Gasteiger partial charge in [0, 0.05) is 24.8 Å². The van der Waals surface area contributed by atoms with Crippen LogP contribution in [0.4, 0.5) is 5.82 Å². The van der Waals surface area contributed by atoms with Gasteiger partial charge in [-0.25, -0.2) is 14.8 Å². The van der Waals surface area contributed by atoms with Crippen LogP contribution >= 0.6 is 0 Å². The third-order valence-corrected chi connectivity index (χ3v) is 3.66. The second kappa shape index (κ2) is 5.40. The molecular formula is C15H15N3O3. The van der Waals surface area contributed by atoms with E-state index in [1.807, 2.05) is 23.1 Å². The van der Waals surface area contributed by atoms with Gasteiger partial charge in [-0.3, -0.25) is 0 Å². The summed E-state index contributed by atoms with van der Waals surface area (Å²) in [5.41, 5.74) is 2.45. The van der Waals surface area contributed by atoms with Gasteiger partial charge in [0.05, 0.1) is 7.11 Å². The molecule has 1 aliphatic heterocycles. The van der Waals surface area contributed by atoms with Gasteiger partial charge in [-0.1, -0.05) is 12.1 Å². The Bertz CT molecular complexity index is 688. The summed E-state index contributed by atoms with van der Waals surface area (Å²) in [6, 6.07) is 5.92. The molecule has 1 N–H and O–H groups in total. The van der Waals surface area contributed by atoms with E-state index in [2.05, 4.69) is 9.97 Å². The quantitative estimate of drug-likeness (QED) is 0.926. The van der Waals surface area contributed by atoms with Crippen LogP contribution in [0.1, 0.15) is 21.5 Å². The van der Waals surface area contributed by atoms with Gasteiger partial charge in [0.15, 0.2) is 0 Å². The Labute approximate surface area is 122 Å². The van der Waals surface area contributed by atoms with E-state index < -0.39 is 5.97 Å². The van der Waals surface area contributed by atoms with E-state index in [1.54, 1.807) is 7.11 Å². The largest absolute Gasteiger partial charge is 0.496 e. The molecule has 0 saturated heterocycles. The number of rotatable bonds is 3. The molecule has 3 rings (SSSR count). The lowest BCUT2D eigenvalue weighted by atomic mass is 9.98. The summed E-state index contributed by atoms with van der Waals surface area (Å²) in [5, 5.41) is 9.25. The number of aromatic carboxylic acids is 1. The highest BCUT2D eigenvalue weighted by Gasteiger charge is 2.23. The molecule has 0 aliphatic carbocycles. The number of aromatic nitrogens is 2. The van der Waals surface area contributed by atoms with Crippen molar-refractivity contribution in [3.05, 3.63) is 47.4 Å². The lowest BCUT2D eigenvalue weighted by molar-refractivity contribution is 0.0696. The second-order valence-electron chi connectivity index (χ2n) is 4.83. The molecule has 0 spiro atoms. The first-order valence-corrected chi connectivity index (χ1v) is 6.63. The molecule has 1 aliphatic rings. The van der Waals surface area contributed by atoms with E-state index in [0.717, 1.165) is 17.7 Å². The van der Waals surface area contributed by atoms with Gasteiger partial charge in [-0.05, 0) is 18.1 Å². The van der Waals surface area contributed by atoms with Crippen molar-refractivity contribution in [2.24, 2.45) is 0 Å². The molecule has 0 fully saturated rings. The third-order valence-electron chi connectivity index (χ3n) is 3.66. The highest BCUT2D eigenvalue weighted by Crippen LogP contribution is 2.30. The number of nitrogens with zero attached hydrogens (tertiary/aromatic N) is 3. The summed E-state index contributed by atoms with van der Waals surface area (Å²) in [6.45, 7) is 1.31. The molecule has 108 valence electrons. The van der Waals surface area contributed by atoms with Crippen LogP contribution in [0.25, 0.3) is 0 Å². The molecule has 6 nitrogen and oxygen atoms in total. The Morgan fingerprint density at radius 2 is 2.29 bits per heavy atom. The lowest BCUT2D eigenvalue weighted by Crippen LogP contribution is -2.32. The molecule has 2 aromatic rings. The SMILES string of the molecule is COc1cccc2c1CCN(c1ncncc1C(=O)O)C2. The number of methoxy groups -OCH3 is 1. The zero-order valence-electron chi connectivity index (χ0n) is 11.6. The number of benzene rings is 1. The fraction of sp³-hybridized carbons (Fsp3) is 0.267. The number of hydrogen-bond acceptors (Lipinski definition) is 5. The highest BCUT2D eigenvalue weighted by molar-refractivity contribution is 5.92. The van der Waals surface area contributed by atoms with E-state index in [1.165, 1.54) is 18.1 Å². The molecule has 1 aromatic heterocycles. The Kier molecular flexibility index (Phi) is 3.43. The highest BCUT2D eigenvalue weighted by atomic mass is 16.5. The normalized spacial score (nSPS) is 13.7. The van der Waals surface area contributed by atoms with Crippen LogP contribution < -0.4 is 9.64 Å². The van der Waals surface area contributed by atoms with Gasteiger partial charge in [-0.2, -0.15) is 0 Å². The number of ether oxygens (including phenoxy) is 1. The monoisotopic (exact) mass is 285 g/mol. The van der Waals surface area contributed by atoms with E-state index in [-0.39, 0.29) is 5.56 Å². The average Bonchev–Trinajstić information content (AvgIpc) is 2.53. The molecular weight excluding hydrogens is 270 g/mol. The predicted octanol–water partition coefficient (Wildman–Crippen LogP) is 1.75. The Balaban J connectivity index is 1.96. The van der Waals surface area contributed by atoms with E-state index >= 15 is 0 Å². The Morgan fingerprint density at radius 1 is 1.43 bits per heavy atom. The van der Waals surface area contributed by atoms with Crippen molar-refractivity contribution in [2.75, 3.05) is 18.6 Å². The number of carbonyl (C=O) groups is 1. The van der Waals surface area contributed by atoms with Crippen molar-refractivity contribution in [1.29, 1.82) is 0 Å². The maximum absolute atomic E-state index is 11.3. The van der Waals surface area contributed by atoms with Crippen LogP contribution in [-0.4, -0.2) is 34.7 Å². The molecule has 0 radical (unpaired) electrons. The topological polar surface area (TPSA) is 75.5 Å². The van der Waals surface area contributed by atoms with Crippen molar-refractivity contribution < 1.29 is 14.6 Å². The summed E-state index contributed by atoms with van der Waals surface area (Å²) in [5.74, 6) is 0.335. The third kappa shape index (κ3) is 2.40. The number of hydrogen-bond donors (Lipinski definition) is 1. The lowest BCUT2D eigenvalue weighted by Gasteiger charge is -2.31. The maximum Gasteiger partial charge on any atom is 0.341 e. The van der Waals surface area contributed by atoms with Crippen molar-refractivity contribution in [3.8, 4) is 5.75 Å². The predicted molar refractivity (Wildman–Crippen MR) is 76.7 cm³/mol. The van der Waals surface area contributed by atoms with Gasteiger partial charge in [0.1, 0.15) is 23.5 Å². The maximum atomic E-state index is 11.3. The number of anilines is 1. The summed E-state index contributed by atoms with van der Waals surface area (Å²) < 4.78 is 5.38. The molecule has 0 unspecified atom stereocenters. The smallest absolute Gasteiger partial charge is 0.341 e. The van der Waals surface area contributed by atoms with Crippen LogP contribution in [0.2, 0.25) is 0 Å². The Morgan fingerprint density at radius 3 is 3.05 bits per heavy atom. The second-order valence-corrected chi connectivity index (χ2v) is 4.83. The standard InChI is InChI=1S/C15H15N3O3/c1-21-13-4-2-3-10-8-18(6-5-11(10)13)14-12(15(19)20)7-16-9-17-14/h2-4,7,9H,5-6,8H2,1H3,(H,19,20). The van der Waals surface area contributed by atoms with Gasteiger partial charge in [0.25, 0.3) is 0 Å². The van der Waals surface area contributed by atoms with Crippen molar-refractivity contribution in [3.63, 3.8) is 0 Å². The first-order chi connectivity index (χ1) is 10.2. The molecule has 2 heterocycles. The van der Waals surface area contributed by atoms with Crippen LogP contribution in [0.3, 0.4) is 0 Å². The minimum absolute atomic E-state index is 0.129. The summed E-state index contributed by atoms with van der Waals surface area (Å²) in [6.07, 6.45) is 3.51. The summed E-state index contributed by atoms with van der Waals surface area (Å²) >= 11 is 0. The van der Waals surface area contributed by atoms with Crippen molar-refractivity contribution >= 4 is 11.8 Å². The van der Waals surface area contributed by atoms with E-state index in [0.29, 0.717) is 18.9 Å². The van der Waals surface area contributed by atoms with Crippen LogP contribution in [-0.2, 0) is 13.0 Å². The fourth-order valence-corrected chi connectivity index (χ4v) is 2.67. The molecule has 0 atom stereocenters.